The van der Waals surface area contributed by atoms with Crippen molar-refractivity contribution >= 4 is 57.7 Å². The maximum atomic E-state index is 12.6. The lowest BCUT2D eigenvalue weighted by Crippen LogP contribution is -2.30. The molecule has 8 heteroatoms. The molecule has 1 heterocycles. The minimum atomic E-state index is -0.603. The molecule has 4 nitrogen and oxygen atoms in total. The molecule has 2 aromatic carbocycles. The quantitative estimate of drug-likeness (QED) is 0.513. The summed E-state index contributed by atoms with van der Waals surface area (Å²) < 4.78 is 5.25. The van der Waals surface area contributed by atoms with Crippen molar-refractivity contribution < 1.29 is 9.53 Å². The van der Waals surface area contributed by atoms with Crippen molar-refractivity contribution in [2.45, 2.75) is 25.6 Å². The molecule has 0 amide bonds. The average molecular weight is 470 g/mol. The van der Waals surface area contributed by atoms with Gasteiger partial charge in [-0.1, -0.05) is 70.8 Å². The fraction of sp³-hybridized carbons (Fsp3) is 0.238. The highest BCUT2D eigenvalue weighted by atomic mass is 35.5. The van der Waals surface area contributed by atoms with Crippen molar-refractivity contribution in [2.24, 2.45) is 4.99 Å². The summed E-state index contributed by atoms with van der Waals surface area (Å²) in [7, 11) is 0. The minimum absolute atomic E-state index is 0.271. The average Bonchev–Trinajstić information content (AvgIpc) is 2.69. The molecule has 1 aliphatic heterocycles. The second-order valence-corrected chi connectivity index (χ2v) is 8.46. The number of rotatable bonds is 5. The van der Waals surface area contributed by atoms with Crippen LogP contribution in [0.3, 0.4) is 0 Å². The van der Waals surface area contributed by atoms with Crippen LogP contribution in [0.4, 0.5) is 0 Å². The molecular weight excluding hydrogens is 451 g/mol. The predicted octanol–water partition coefficient (Wildman–Crippen LogP) is 6.42. The maximum Gasteiger partial charge on any atom is 0.338 e. The van der Waals surface area contributed by atoms with Crippen molar-refractivity contribution in [1.29, 1.82) is 0 Å². The third-order valence-corrected chi connectivity index (χ3v) is 6.32. The summed E-state index contributed by atoms with van der Waals surface area (Å²) in [6, 6.07) is 12.4. The van der Waals surface area contributed by atoms with Crippen molar-refractivity contribution in [3.63, 3.8) is 0 Å². The molecule has 0 unspecified atom stereocenters. The van der Waals surface area contributed by atoms with E-state index in [0.717, 1.165) is 5.56 Å². The number of aliphatic imine (C=N–C) groups is 1. The summed E-state index contributed by atoms with van der Waals surface area (Å²) in [4.78, 5) is 17.4. The number of ether oxygens (including phenoxy) is 1. The van der Waals surface area contributed by atoms with Gasteiger partial charge in [0.2, 0.25) is 0 Å². The van der Waals surface area contributed by atoms with Crippen LogP contribution < -0.4 is 5.32 Å². The maximum absolute atomic E-state index is 12.6. The predicted molar refractivity (Wildman–Crippen MR) is 122 cm³/mol. The number of nitrogens with one attached hydrogen (secondary N) is 1. The van der Waals surface area contributed by atoms with Gasteiger partial charge in [0.05, 0.1) is 22.2 Å². The number of esters is 1. The van der Waals surface area contributed by atoms with Crippen LogP contribution in [0.5, 0.6) is 0 Å². The van der Waals surface area contributed by atoms with Gasteiger partial charge in [-0.2, -0.15) is 0 Å². The zero-order valence-corrected chi connectivity index (χ0v) is 18.9. The van der Waals surface area contributed by atoms with E-state index in [1.807, 2.05) is 37.3 Å². The van der Waals surface area contributed by atoms with Gasteiger partial charge in [-0.15, -0.1) is 0 Å². The van der Waals surface area contributed by atoms with Crippen molar-refractivity contribution in [2.75, 3.05) is 6.61 Å². The molecule has 0 saturated heterocycles. The highest BCUT2D eigenvalue weighted by Crippen LogP contribution is 2.39. The van der Waals surface area contributed by atoms with E-state index in [9.17, 15) is 4.79 Å². The Labute approximate surface area is 189 Å². The van der Waals surface area contributed by atoms with Crippen LogP contribution in [0, 0.1) is 0 Å². The van der Waals surface area contributed by atoms with Crippen LogP contribution in [-0.2, 0) is 15.3 Å². The summed E-state index contributed by atoms with van der Waals surface area (Å²) in [5.74, 6) is 0.269. The first-order valence-corrected chi connectivity index (χ1v) is 11.1. The monoisotopic (exact) mass is 468 g/mol. The standard InChI is InChI=1S/C21H19Cl3N2O2S/c1-3-28-20(27)17-12(2)25-21(29-11-13-7-9-14(22)10-8-13)26-19(17)15-5-4-6-16(23)18(15)24/h4-10,19H,3,11H2,1-2H3,(H,25,26)/t19-/m1/s1. The fourth-order valence-corrected chi connectivity index (χ4v) is 4.32. The molecule has 29 heavy (non-hydrogen) atoms. The van der Waals surface area contributed by atoms with E-state index in [1.165, 1.54) is 11.8 Å². The number of carbonyl (C=O) groups is 1. The zero-order chi connectivity index (χ0) is 21.0. The second kappa shape index (κ2) is 9.90. The van der Waals surface area contributed by atoms with Gasteiger partial charge in [0.1, 0.15) is 6.04 Å². The van der Waals surface area contributed by atoms with Gasteiger partial charge in [-0.05, 0) is 37.6 Å². The molecule has 0 spiro atoms. The van der Waals surface area contributed by atoms with E-state index in [-0.39, 0.29) is 6.61 Å². The number of nitrogens with zero attached hydrogens (tertiary/aromatic N) is 1. The van der Waals surface area contributed by atoms with Gasteiger partial charge in [-0.25, -0.2) is 9.79 Å². The van der Waals surface area contributed by atoms with Crippen LogP contribution in [0.25, 0.3) is 0 Å². The molecule has 3 rings (SSSR count). The van der Waals surface area contributed by atoms with Gasteiger partial charge in [0, 0.05) is 22.0 Å². The Morgan fingerprint density at radius 1 is 1.17 bits per heavy atom. The number of benzene rings is 2. The van der Waals surface area contributed by atoms with Crippen LogP contribution in [0.2, 0.25) is 15.1 Å². The Hall–Kier alpha value is -1.66. The smallest absolute Gasteiger partial charge is 0.338 e. The first-order valence-electron chi connectivity index (χ1n) is 8.94. The van der Waals surface area contributed by atoms with Gasteiger partial charge >= 0.3 is 5.97 Å². The highest BCUT2D eigenvalue weighted by molar-refractivity contribution is 8.13. The third-order valence-electron chi connectivity index (χ3n) is 4.28. The fourth-order valence-electron chi connectivity index (χ4n) is 2.88. The zero-order valence-electron chi connectivity index (χ0n) is 15.8. The Morgan fingerprint density at radius 2 is 1.90 bits per heavy atom. The molecule has 1 atom stereocenters. The number of carbonyl (C=O) groups excluding carboxylic acids is 1. The summed E-state index contributed by atoms with van der Waals surface area (Å²) in [5.41, 5.74) is 2.87. The normalized spacial score (nSPS) is 16.3. The van der Waals surface area contributed by atoms with Gasteiger partial charge in [0.25, 0.3) is 0 Å². The van der Waals surface area contributed by atoms with Crippen molar-refractivity contribution in [3.8, 4) is 0 Å². The largest absolute Gasteiger partial charge is 0.463 e. The number of hydrogen-bond donors (Lipinski definition) is 1. The molecule has 0 aromatic heterocycles. The molecule has 0 saturated carbocycles. The van der Waals surface area contributed by atoms with Gasteiger partial charge in [0.15, 0.2) is 5.17 Å². The molecule has 152 valence electrons. The number of hydrogen-bond acceptors (Lipinski definition) is 5. The summed E-state index contributed by atoms with van der Waals surface area (Å²) >= 11 is 20.1. The molecular formula is C21H19Cl3N2O2S. The summed E-state index contributed by atoms with van der Waals surface area (Å²) in [6.07, 6.45) is 0. The lowest BCUT2D eigenvalue weighted by atomic mass is 9.96. The SMILES string of the molecule is CCOC(=O)C1=C(C)NC(SCc2ccc(Cl)cc2)=N[C@@H]1c1cccc(Cl)c1Cl. The molecule has 0 radical (unpaired) electrons. The van der Waals surface area contributed by atoms with Crippen molar-refractivity contribution in [3.05, 3.63) is 79.9 Å². The first-order chi connectivity index (χ1) is 13.9. The van der Waals surface area contributed by atoms with E-state index in [1.54, 1.807) is 19.1 Å². The lowest BCUT2D eigenvalue weighted by Gasteiger charge is -2.26. The molecule has 0 bridgehead atoms. The molecule has 0 aliphatic carbocycles. The van der Waals surface area contributed by atoms with Crippen LogP contribution in [0.1, 0.15) is 31.0 Å². The van der Waals surface area contributed by atoms with Gasteiger partial charge in [-0.3, -0.25) is 0 Å². The first kappa shape index (κ1) is 22.0. The topological polar surface area (TPSA) is 50.7 Å². The van der Waals surface area contributed by atoms with Crippen LogP contribution in [0.15, 0.2) is 58.7 Å². The van der Waals surface area contributed by atoms with Gasteiger partial charge < -0.3 is 10.1 Å². The number of allylic oxidation sites excluding steroid dienone is 1. The van der Waals surface area contributed by atoms with E-state index < -0.39 is 12.0 Å². The second-order valence-electron chi connectivity index (χ2n) is 6.28. The van der Waals surface area contributed by atoms with Crippen molar-refractivity contribution in [1.82, 2.24) is 5.32 Å². The molecule has 2 aromatic rings. The Morgan fingerprint density at radius 3 is 2.59 bits per heavy atom. The summed E-state index contributed by atoms with van der Waals surface area (Å²) in [5, 5.41) is 5.38. The Bertz CT molecular complexity index is 974. The third kappa shape index (κ3) is 5.28. The van der Waals surface area contributed by atoms with E-state index in [2.05, 4.69) is 5.32 Å². The Kier molecular flexibility index (Phi) is 7.52. The molecule has 1 N–H and O–H groups in total. The lowest BCUT2D eigenvalue weighted by molar-refractivity contribution is -0.138. The molecule has 1 aliphatic rings. The minimum Gasteiger partial charge on any atom is -0.463 e. The summed E-state index contributed by atoms with van der Waals surface area (Å²) in [6.45, 7) is 3.87. The van der Waals surface area contributed by atoms with E-state index in [0.29, 0.717) is 42.8 Å². The highest BCUT2D eigenvalue weighted by Gasteiger charge is 2.32. The number of thioether (sulfide) groups is 1. The number of halogens is 3. The van der Waals surface area contributed by atoms with Crippen LogP contribution in [-0.4, -0.2) is 17.7 Å². The van der Waals surface area contributed by atoms with E-state index in [4.69, 9.17) is 44.5 Å². The Balaban J connectivity index is 1.93. The van der Waals surface area contributed by atoms with E-state index >= 15 is 0 Å². The van der Waals surface area contributed by atoms with Crippen LogP contribution >= 0.6 is 46.6 Å². The number of amidine groups is 1. The molecule has 0 fully saturated rings.